The molecule has 18 heavy (non-hydrogen) atoms. The average molecular weight is 283 g/mol. The molecule has 0 spiro atoms. The van der Waals surface area contributed by atoms with Gasteiger partial charge < -0.3 is 10.3 Å². The molecule has 0 unspecified atom stereocenters. The Morgan fingerprint density at radius 2 is 1.78 bits per heavy atom. The molecular formula is C12H8Cl2N2O2. The van der Waals surface area contributed by atoms with E-state index in [9.17, 15) is 9.59 Å². The molecule has 0 aliphatic heterocycles. The summed E-state index contributed by atoms with van der Waals surface area (Å²) < 4.78 is 0. The molecule has 4 nitrogen and oxygen atoms in total. The van der Waals surface area contributed by atoms with Crippen LogP contribution in [-0.2, 0) is 0 Å². The van der Waals surface area contributed by atoms with Crippen LogP contribution in [-0.4, -0.2) is 10.9 Å². The highest BCUT2D eigenvalue weighted by Crippen LogP contribution is 2.22. The third kappa shape index (κ3) is 3.12. The Morgan fingerprint density at radius 1 is 1.11 bits per heavy atom. The predicted molar refractivity (Wildman–Crippen MR) is 71.5 cm³/mol. The van der Waals surface area contributed by atoms with Crippen molar-refractivity contribution in [3.63, 3.8) is 0 Å². The van der Waals surface area contributed by atoms with Crippen LogP contribution in [0.15, 0.2) is 41.2 Å². The lowest BCUT2D eigenvalue weighted by Crippen LogP contribution is -2.17. The van der Waals surface area contributed by atoms with Gasteiger partial charge in [-0.3, -0.25) is 9.59 Å². The molecule has 1 heterocycles. The zero-order valence-electron chi connectivity index (χ0n) is 9.04. The second-order valence-electron chi connectivity index (χ2n) is 3.54. The summed E-state index contributed by atoms with van der Waals surface area (Å²) in [4.78, 5) is 25.3. The fourth-order valence-corrected chi connectivity index (χ4v) is 1.93. The molecule has 0 atom stereocenters. The maximum atomic E-state index is 11.8. The van der Waals surface area contributed by atoms with Crippen LogP contribution in [0.5, 0.6) is 0 Å². The molecule has 2 rings (SSSR count). The zero-order valence-corrected chi connectivity index (χ0v) is 10.5. The molecule has 0 bridgehead atoms. The van der Waals surface area contributed by atoms with Gasteiger partial charge in [0.15, 0.2) is 0 Å². The number of anilines is 1. The summed E-state index contributed by atoms with van der Waals surface area (Å²) in [6.45, 7) is 0. The molecule has 1 aromatic carbocycles. The summed E-state index contributed by atoms with van der Waals surface area (Å²) >= 11 is 11.6. The van der Waals surface area contributed by atoms with E-state index in [1.807, 2.05) is 0 Å². The van der Waals surface area contributed by atoms with E-state index in [2.05, 4.69) is 10.3 Å². The summed E-state index contributed by atoms with van der Waals surface area (Å²) in [5.41, 5.74) is 0.285. The van der Waals surface area contributed by atoms with Crippen LogP contribution in [0.1, 0.15) is 10.5 Å². The van der Waals surface area contributed by atoms with Crippen LogP contribution in [0.4, 0.5) is 5.69 Å². The number of carbonyl (C=O) groups is 1. The number of halogens is 2. The third-order valence-electron chi connectivity index (χ3n) is 2.13. The molecule has 2 aromatic rings. The molecule has 1 aromatic heterocycles. The summed E-state index contributed by atoms with van der Waals surface area (Å²) in [5.74, 6) is -0.439. The van der Waals surface area contributed by atoms with Crippen molar-refractivity contribution < 1.29 is 4.79 Å². The number of hydrogen-bond acceptors (Lipinski definition) is 2. The van der Waals surface area contributed by atoms with Gasteiger partial charge in [-0.25, -0.2) is 0 Å². The van der Waals surface area contributed by atoms with E-state index in [4.69, 9.17) is 23.2 Å². The summed E-state index contributed by atoms with van der Waals surface area (Å²) in [6.07, 6.45) is 0. The number of pyridine rings is 1. The van der Waals surface area contributed by atoms with Crippen LogP contribution in [0.3, 0.4) is 0 Å². The molecule has 0 saturated heterocycles. The number of aromatic nitrogens is 1. The van der Waals surface area contributed by atoms with E-state index in [0.717, 1.165) is 0 Å². The number of carbonyl (C=O) groups excluding carboxylic acids is 1. The first-order valence-electron chi connectivity index (χ1n) is 5.01. The molecular weight excluding hydrogens is 275 g/mol. The lowest BCUT2D eigenvalue weighted by atomic mass is 10.3. The normalized spacial score (nSPS) is 10.1. The third-order valence-corrected chi connectivity index (χ3v) is 2.57. The van der Waals surface area contributed by atoms with Gasteiger partial charge in [0.1, 0.15) is 5.69 Å². The zero-order chi connectivity index (χ0) is 13.1. The fraction of sp³-hybridized carbons (Fsp3) is 0. The van der Waals surface area contributed by atoms with E-state index >= 15 is 0 Å². The van der Waals surface area contributed by atoms with Gasteiger partial charge in [0.25, 0.3) is 5.91 Å². The van der Waals surface area contributed by atoms with E-state index in [0.29, 0.717) is 15.7 Å². The van der Waals surface area contributed by atoms with Gasteiger partial charge in [-0.05, 0) is 24.3 Å². The molecule has 0 saturated carbocycles. The van der Waals surface area contributed by atoms with Crippen molar-refractivity contribution in [3.8, 4) is 0 Å². The molecule has 0 aliphatic rings. The van der Waals surface area contributed by atoms with Crippen LogP contribution >= 0.6 is 23.2 Å². The summed E-state index contributed by atoms with van der Waals surface area (Å²) in [5, 5.41) is 3.42. The van der Waals surface area contributed by atoms with Crippen LogP contribution in [0.2, 0.25) is 10.0 Å². The van der Waals surface area contributed by atoms with E-state index < -0.39 is 5.91 Å². The average Bonchev–Trinajstić information content (AvgIpc) is 2.27. The standard InChI is InChI=1S/C12H8Cl2N2O2/c13-7-4-8(14)6-9(5-7)15-12(18)10-2-1-3-11(17)16-10/h1-6H,(H,15,18)(H,16,17). The van der Waals surface area contributed by atoms with Gasteiger partial charge >= 0.3 is 0 Å². The molecule has 6 heteroatoms. The highest BCUT2D eigenvalue weighted by molar-refractivity contribution is 6.35. The van der Waals surface area contributed by atoms with Crippen molar-refractivity contribution in [1.82, 2.24) is 4.98 Å². The Hall–Kier alpha value is -1.78. The predicted octanol–water partition coefficient (Wildman–Crippen LogP) is 2.93. The maximum Gasteiger partial charge on any atom is 0.272 e. The van der Waals surface area contributed by atoms with E-state index in [1.165, 1.54) is 18.2 Å². The molecule has 2 N–H and O–H groups in total. The van der Waals surface area contributed by atoms with Gasteiger partial charge in [0.2, 0.25) is 5.56 Å². The monoisotopic (exact) mass is 282 g/mol. The first-order valence-corrected chi connectivity index (χ1v) is 5.77. The van der Waals surface area contributed by atoms with Crippen LogP contribution in [0.25, 0.3) is 0 Å². The summed E-state index contributed by atoms with van der Waals surface area (Å²) in [7, 11) is 0. The van der Waals surface area contributed by atoms with Crippen molar-refractivity contribution in [1.29, 1.82) is 0 Å². The van der Waals surface area contributed by atoms with Crippen LogP contribution in [0, 0.1) is 0 Å². The van der Waals surface area contributed by atoms with Gasteiger partial charge in [-0.1, -0.05) is 29.3 Å². The van der Waals surface area contributed by atoms with Gasteiger partial charge in [0.05, 0.1) is 0 Å². The highest BCUT2D eigenvalue weighted by atomic mass is 35.5. The minimum Gasteiger partial charge on any atom is -0.321 e. The van der Waals surface area contributed by atoms with Gasteiger partial charge in [0, 0.05) is 21.8 Å². The largest absolute Gasteiger partial charge is 0.321 e. The van der Waals surface area contributed by atoms with Crippen molar-refractivity contribution >= 4 is 34.8 Å². The van der Waals surface area contributed by atoms with Crippen molar-refractivity contribution in [2.75, 3.05) is 5.32 Å². The smallest absolute Gasteiger partial charge is 0.272 e. The first-order chi connectivity index (χ1) is 8.54. The Bertz CT molecular complexity index is 632. The number of H-pyrrole nitrogens is 1. The number of nitrogens with one attached hydrogen (secondary N) is 2. The Labute approximate surface area is 113 Å². The molecule has 0 aliphatic carbocycles. The Balaban J connectivity index is 2.24. The fourth-order valence-electron chi connectivity index (χ4n) is 1.40. The lowest BCUT2D eigenvalue weighted by Gasteiger charge is -2.06. The van der Waals surface area contributed by atoms with E-state index in [-0.39, 0.29) is 11.3 Å². The number of rotatable bonds is 2. The number of benzene rings is 1. The quantitative estimate of drug-likeness (QED) is 0.890. The maximum absolute atomic E-state index is 11.8. The topological polar surface area (TPSA) is 62.0 Å². The van der Waals surface area contributed by atoms with Gasteiger partial charge in [-0.2, -0.15) is 0 Å². The molecule has 1 amide bonds. The number of amides is 1. The Kier molecular flexibility index (Phi) is 3.69. The van der Waals surface area contributed by atoms with Crippen molar-refractivity contribution in [3.05, 3.63) is 62.5 Å². The lowest BCUT2D eigenvalue weighted by molar-refractivity contribution is 0.102. The van der Waals surface area contributed by atoms with Crippen molar-refractivity contribution in [2.45, 2.75) is 0 Å². The van der Waals surface area contributed by atoms with Crippen molar-refractivity contribution in [2.24, 2.45) is 0 Å². The van der Waals surface area contributed by atoms with Crippen LogP contribution < -0.4 is 10.9 Å². The first kappa shape index (κ1) is 12.7. The second kappa shape index (κ2) is 5.25. The highest BCUT2D eigenvalue weighted by Gasteiger charge is 2.07. The van der Waals surface area contributed by atoms with Gasteiger partial charge in [-0.15, -0.1) is 0 Å². The second-order valence-corrected chi connectivity index (χ2v) is 4.41. The number of hydrogen-bond donors (Lipinski definition) is 2. The SMILES string of the molecule is O=C(Nc1cc(Cl)cc(Cl)c1)c1cccc(=O)[nH]1. The minimum atomic E-state index is -0.439. The summed E-state index contributed by atoms with van der Waals surface area (Å²) in [6, 6.07) is 9.01. The van der Waals surface area contributed by atoms with E-state index in [1.54, 1.807) is 18.2 Å². The molecule has 0 radical (unpaired) electrons. The number of aromatic amines is 1. The molecule has 92 valence electrons. The minimum absolute atomic E-state index is 0.165. The Morgan fingerprint density at radius 3 is 2.39 bits per heavy atom. The molecule has 0 fully saturated rings.